The van der Waals surface area contributed by atoms with Gasteiger partial charge in [0, 0.05) is 5.56 Å². The molecule has 0 atom stereocenters. The second-order valence-electron chi connectivity index (χ2n) is 5.02. The molecule has 0 aliphatic rings. The van der Waals surface area contributed by atoms with Crippen molar-refractivity contribution >= 4 is 27.7 Å². The molecule has 0 heterocycles. The van der Waals surface area contributed by atoms with Crippen LogP contribution in [-0.4, -0.2) is 32.1 Å². The van der Waals surface area contributed by atoms with Crippen LogP contribution in [0.25, 0.3) is 0 Å². The predicted molar refractivity (Wildman–Crippen MR) is 99.4 cm³/mol. The van der Waals surface area contributed by atoms with Gasteiger partial charge in [-0.15, -0.1) is 0 Å². The molecule has 0 unspecified atom stereocenters. The summed E-state index contributed by atoms with van der Waals surface area (Å²) in [5.74, 6) is 0.627. The number of halogens is 1. The first kappa shape index (κ1) is 19.6. The van der Waals surface area contributed by atoms with E-state index in [9.17, 15) is 9.59 Å². The minimum absolute atomic E-state index is 0.270. The van der Waals surface area contributed by atoms with Crippen molar-refractivity contribution in [2.45, 2.75) is 6.92 Å². The van der Waals surface area contributed by atoms with E-state index in [4.69, 9.17) is 14.2 Å². The number of hydrogen-bond donors (Lipinski definition) is 2. The maximum atomic E-state index is 12.1. The molecule has 2 rings (SSSR count). The fourth-order valence-electron chi connectivity index (χ4n) is 2.03. The molecule has 0 aromatic heterocycles. The lowest BCUT2D eigenvalue weighted by atomic mass is 10.2. The summed E-state index contributed by atoms with van der Waals surface area (Å²) in [6.07, 6.45) is 0. The van der Waals surface area contributed by atoms with E-state index in [1.54, 1.807) is 42.5 Å². The SMILES string of the molecule is CCOc1ccc(C(=O)NNC(=O)COc2ccccc2OC)cc1Br. The summed E-state index contributed by atoms with van der Waals surface area (Å²) in [6.45, 7) is 2.12. The third kappa shape index (κ3) is 5.38. The number of rotatable bonds is 7. The van der Waals surface area contributed by atoms with E-state index in [2.05, 4.69) is 26.8 Å². The molecule has 138 valence electrons. The van der Waals surface area contributed by atoms with E-state index in [-0.39, 0.29) is 6.61 Å². The van der Waals surface area contributed by atoms with Crippen LogP contribution in [0.3, 0.4) is 0 Å². The second-order valence-corrected chi connectivity index (χ2v) is 5.87. The van der Waals surface area contributed by atoms with Crippen LogP contribution in [0.1, 0.15) is 17.3 Å². The first-order valence-electron chi connectivity index (χ1n) is 7.82. The average molecular weight is 423 g/mol. The van der Waals surface area contributed by atoms with Crippen LogP contribution >= 0.6 is 15.9 Å². The molecule has 0 spiro atoms. The number of nitrogens with one attached hydrogen (secondary N) is 2. The number of carbonyl (C=O) groups is 2. The average Bonchev–Trinajstić information content (AvgIpc) is 2.66. The number of para-hydroxylation sites is 2. The van der Waals surface area contributed by atoms with Gasteiger partial charge in [-0.1, -0.05) is 12.1 Å². The van der Waals surface area contributed by atoms with E-state index in [1.165, 1.54) is 7.11 Å². The van der Waals surface area contributed by atoms with Gasteiger partial charge in [-0.2, -0.15) is 0 Å². The molecule has 0 aliphatic carbocycles. The fraction of sp³-hybridized carbons (Fsp3) is 0.222. The lowest BCUT2D eigenvalue weighted by molar-refractivity contribution is -0.123. The highest BCUT2D eigenvalue weighted by molar-refractivity contribution is 9.10. The van der Waals surface area contributed by atoms with Gasteiger partial charge in [0.2, 0.25) is 0 Å². The van der Waals surface area contributed by atoms with Crippen molar-refractivity contribution in [1.82, 2.24) is 10.9 Å². The standard InChI is InChI=1S/C18H19BrN2O5/c1-3-25-14-9-8-12(10-13(14)19)18(23)21-20-17(22)11-26-16-7-5-4-6-15(16)24-2/h4-10H,3,11H2,1-2H3,(H,20,22)(H,21,23). The summed E-state index contributed by atoms with van der Waals surface area (Å²) < 4.78 is 16.5. The Bertz CT molecular complexity index is 782. The Labute approximate surface area is 159 Å². The Morgan fingerprint density at radius 3 is 2.38 bits per heavy atom. The minimum Gasteiger partial charge on any atom is -0.493 e. The van der Waals surface area contributed by atoms with Gasteiger partial charge >= 0.3 is 0 Å². The smallest absolute Gasteiger partial charge is 0.276 e. The summed E-state index contributed by atoms with van der Waals surface area (Å²) in [4.78, 5) is 23.9. The number of hydrogen-bond acceptors (Lipinski definition) is 5. The van der Waals surface area contributed by atoms with Crippen LogP contribution in [-0.2, 0) is 4.79 Å². The lowest BCUT2D eigenvalue weighted by Gasteiger charge is -2.11. The number of methoxy groups -OCH3 is 1. The summed E-state index contributed by atoms with van der Waals surface area (Å²) in [5.41, 5.74) is 4.99. The molecule has 0 bridgehead atoms. The zero-order valence-corrected chi connectivity index (χ0v) is 16.0. The largest absolute Gasteiger partial charge is 0.493 e. The van der Waals surface area contributed by atoms with Gasteiger partial charge in [-0.05, 0) is 53.2 Å². The van der Waals surface area contributed by atoms with E-state index < -0.39 is 11.8 Å². The van der Waals surface area contributed by atoms with Crippen LogP contribution in [0.2, 0.25) is 0 Å². The van der Waals surface area contributed by atoms with Gasteiger partial charge in [-0.25, -0.2) is 0 Å². The van der Waals surface area contributed by atoms with Crippen molar-refractivity contribution < 1.29 is 23.8 Å². The van der Waals surface area contributed by atoms with Crippen LogP contribution in [0, 0.1) is 0 Å². The maximum absolute atomic E-state index is 12.1. The molecule has 0 radical (unpaired) electrons. The van der Waals surface area contributed by atoms with Crippen molar-refractivity contribution in [3.05, 3.63) is 52.5 Å². The monoisotopic (exact) mass is 422 g/mol. The lowest BCUT2D eigenvalue weighted by Crippen LogP contribution is -2.43. The second kappa shape index (κ2) is 9.67. The molecule has 2 amide bonds. The topological polar surface area (TPSA) is 85.9 Å². The Morgan fingerprint density at radius 1 is 1.00 bits per heavy atom. The van der Waals surface area contributed by atoms with Gasteiger partial charge in [0.25, 0.3) is 11.8 Å². The van der Waals surface area contributed by atoms with Crippen molar-refractivity contribution in [3.63, 3.8) is 0 Å². The highest BCUT2D eigenvalue weighted by Gasteiger charge is 2.11. The molecule has 0 fully saturated rings. The minimum atomic E-state index is -0.505. The molecule has 26 heavy (non-hydrogen) atoms. The molecule has 0 saturated carbocycles. The third-order valence-electron chi connectivity index (χ3n) is 3.24. The fourth-order valence-corrected chi connectivity index (χ4v) is 2.52. The predicted octanol–water partition coefficient (Wildman–Crippen LogP) is 2.70. The van der Waals surface area contributed by atoms with Gasteiger partial charge in [0.05, 0.1) is 18.2 Å². The van der Waals surface area contributed by atoms with Crippen molar-refractivity contribution in [1.29, 1.82) is 0 Å². The van der Waals surface area contributed by atoms with Gasteiger partial charge in [0.1, 0.15) is 5.75 Å². The zero-order chi connectivity index (χ0) is 18.9. The molecule has 2 aromatic rings. The quantitative estimate of drug-likeness (QED) is 0.669. The van der Waals surface area contributed by atoms with Gasteiger partial charge in [-0.3, -0.25) is 20.4 Å². The summed E-state index contributed by atoms with van der Waals surface area (Å²) in [6, 6.07) is 11.8. The summed E-state index contributed by atoms with van der Waals surface area (Å²) >= 11 is 3.34. The Hall–Kier alpha value is -2.74. The van der Waals surface area contributed by atoms with Crippen LogP contribution in [0.5, 0.6) is 17.2 Å². The first-order chi connectivity index (χ1) is 12.5. The Morgan fingerprint density at radius 2 is 1.73 bits per heavy atom. The van der Waals surface area contributed by atoms with Crippen molar-refractivity contribution in [2.75, 3.05) is 20.3 Å². The molecular weight excluding hydrogens is 404 g/mol. The van der Waals surface area contributed by atoms with E-state index in [0.717, 1.165) is 0 Å². The van der Waals surface area contributed by atoms with E-state index in [0.29, 0.717) is 33.9 Å². The molecule has 2 N–H and O–H groups in total. The molecule has 8 heteroatoms. The molecule has 0 saturated heterocycles. The number of ether oxygens (including phenoxy) is 3. The Balaban J connectivity index is 1.85. The van der Waals surface area contributed by atoms with Crippen LogP contribution < -0.4 is 25.1 Å². The molecule has 0 aliphatic heterocycles. The van der Waals surface area contributed by atoms with Crippen molar-refractivity contribution in [3.8, 4) is 17.2 Å². The highest BCUT2D eigenvalue weighted by Crippen LogP contribution is 2.26. The van der Waals surface area contributed by atoms with Crippen LogP contribution in [0.4, 0.5) is 0 Å². The van der Waals surface area contributed by atoms with E-state index in [1.807, 2.05) is 6.92 Å². The number of carbonyl (C=O) groups excluding carboxylic acids is 2. The highest BCUT2D eigenvalue weighted by atomic mass is 79.9. The molecule has 2 aromatic carbocycles. The van der Waals surface area contributed by atoms with Gasteiger partial charge in [0.15, 0.2) is 18.1 Å². The maximum Gasteiger partial charge on any atom is 0.276 e. The molecule has 7 nitrogen and oxygen atoms in total. The zero-order valence-electron chi connectivity index (χ0n) is 14.4. The van der Waals surface area contributed by atoms with Gasteiger partial charge < -0.3 is 14.2 Å². The number of benzene rings is 2. The van der Waals surface area contributed by atoms with Crippen LogP contribution in [0.15, 0.2) is 46.9 Å². The summed E-state index contributed by atoms with van der Waals surface area (Å²) in [5, 5.41) is 0. The Kier molecular flexibility index (Phi) is 7.28. The number of hydrazine groups is 1. The molecular formula is C18H19BrN2O5. The summed E-state index contributed by atoms with van der Waals surface area (Å²) in [7, 11) is 1.51. The first-order valence-corrected chi connectivity index (χ1v) is 8.61. The normalized spacial score (nSPS) is 9.96. The van der Waals surface area contributed by atoms with E-state index >= 15 is 0 Å². The third-order valence-corrected chi connectivity index (χ3v) is 3.86. The van der Waals surface area contributed by atoms with Crippen molar-refractivity contribution in [2.24, 2.45) is 0 Å². The number of amides is 2.